The zero-order valence-corrected chi connectivity index (χ0v) is 14.3. The van der Waals surface area contributed by atoms with Gasteiger partial charge in [-0.25, -0.2) is 0 Å². The molecule has 1 unspecified atom stereocenters. The van der Waals surface area contributed by atoms with Crippen molar-refractivity contribution >= 4 is 43.9 Å². The lowest BCUT2D eigenvalue weighted by Gasteiger charge is -2.06. The zero-order chi connectivity index (χ0) is 15.5. The molecule has 0 heterocycles. The normalized spacial score (nSPS) is 13.3. The highest BCUT2D eigenvalue weighted by molar-refractivity contribution is 8.00. The van der Waals surface area contributed by atoms with Crippen molar-refractivity contribution in [3.05, 3.63) is 59.1 Å². The lowest BCUT2D eigenvalue weighted by molar-refractivity contribution is 0.598. The molecule has 21 heavy (non-hydrogen) atoms. The van der Waals surface area contributed by atoms with Gasteiger partial charge in [0.05, 0.1) is 10.1 Å². The molecule has 0 bridgehead atoms. The smallest absolute Gasteiger partial charge is 0.199 e. The highest BCUT2D eigenvalue weighted by Gasteiger charge is 2.14. The Balaban J connectivity index is 2.43. The highest BCUT2D eigenvalue weighted by atomic mass is 35.5. The van der Waals surface area contributed by atoms with Gasteiger partial charge >= 0.3 is 0 Å². The quantitative estimate of drug-likeness (QED) is 0.757. The zero-order valence-electron chi connectivity index (χ0n) is 11.2. The molecule has 0 radical (unpaired) electrons. The van der Waals surface area contributed by atoms with E-state index in [0.29, 0.717) is 5.02 Å². The number of aryl methyl sites for hydroxylation is 1. The lowest BCUT2D eigenvalue weighted by atomic mass is 10.2. The second-order valence-electron chi connectivity index (χ2n) is 4.29. The van der Waals surface area contributed by atoms with Crippen LogP contribution in [0, 0.1) is 6.92 Å². The van der Waals surface area contributed by atoms with Crippen molar-refractivity contribution in [2.75, 3.05) is 5.21 Å². The Morgan fingerprint density at radius 3 is 2.14 bits per heavy atom. The molecule has 2 aromatic rings. The Bertz CT molecular complexity index is 755. The van der Waals surface area contributed by atoms with Crippen LogP contribution in [0.3, 0.4) is 0 Å². The maximum Gasteiger partial charge on any atom is 0.288 e. The molecular weight excluding hydrogens is 349 g/mol. The highest BCUT2D eigenvalue weighted by Crippen LogP contribution is 2.20. The van der Waals surface area contributed by atoms with Gasteiger partial charge in [0, 0.05) is 9.92 Å². The summed E-state index contributed by atoms with van der Waals surface area (Å²) in [6.07, 6.45) is 0. The van der Waals surface area contributed by atoms with Gasteiger partial charge in [0.15, 0.2) is 0 Å². The van der Waals surface area contributed by atoms with E-state index >= 15 is 0 Å². The van der Waals surface area contributed by atoms with Crippen molar-refractivity contribution < 1.29 is 8.42 Å². The number of hydrogen-bond acceptors (Lipinski definition) is 2. The molecule has 2 aromatic carbocycles. The molecule has 0 aromatic heterocycles. The van der Waals surface area contributed by atoms with Gasteiger partial charge < -0.3 is 0 Å². The van der Waals surface area contributed by atoms with Gasteiger partial charge in [-0.15, -0.1) is 15.4 Å². The summed E-state index contributed by atoms with van der Waals surface area (Å²) >= 11 is 11.7. The molecule has 0 amide bonds. The van der Waals surface area contributed by atoms with Crippen molar-refractivity contribution in [2.24, 2.45) is 3.77 Å². The van der Waals surface area contributed by atoms with Crippen LogP contribution in [-0.2, 0) is 20.7 Å². The fourth-order valence-corrected chi connectivity index (χ4v) is 5.30. The number of sulfonamides is 1. The van der Waals surface area contributed by atoms with E-state index in [0.717, 1.165) is 10.5 Å². The predicted molar refractivity (Wildman–Crippen MR) is 88.6 cm³/mol. The van der Waals surface area contributed by atoms with Gasteiger partial charge in [0.1, 0.15) is 0 Å². The predicted octanol–water partition coefficient (Wildman–Crippen LogP) is 4.39. The first-order chi connectivity index (χ1) is 9.92. The number of alkyl halides is 1. The summed E-state index contributed by atoms with van der Waals surface area (Å²) in [5.41, 5.74) is 0.989. The van der Waals surface area contributed by atoms with Crippen LogP contribution < -0.4 is 0 Å². The van der Waals surface area contributed by atoms with Crippen LogP contribution in [-0.4, -0.2) is 13.6 Å². The van der Waals surface area contributed by atoms with Crippen LogP contribution in [0.25, 0.3) is 0 Å². The maximum absolute atomic E-state index is 12.3. The van der Waals surface area contributed by atoms with Gasteiger partial charge in [0.25, 0.3) is 10.0 Å². The minimum Gasteiger partial charge on any atom is -0.199 e. The third kappa shape index (κ3) is 4.30. The van der Waals surface area contributed by atoms with E-state index in [1.165, 1.54) is 0 Å². The third-order valence-corrected chi connectivity index (χ3v) is 6.96. The first kappa shape index (κ1) is 16.5. The summed E-state index contributed by atoms with van der Waals surface area (Å²) in [6.45, 7) is 1.89. The van der Waals surface area contributed by atoms with Crippen molar-refractivity contribution in [3.63, 3.8) is 0 Å². The second kappa shape index (κ2) is 6.92. The van der Waals surface area contributed by atoms with Crippen molar-refractivity contribution in [1.29, 1.82) is 0 Å². The molecule has 112 valence electrons. The van der Waals surface area contributed by atoms with Crippen LogP contribution in [0.5, 0.6) is 0 Å². The summed E-state index contributed by atoms with van der Waals surface area (Å²) in [6, 6.07) is 13.4. The summed E-state index contributed by atoms with van der Waals surface area (Å²) in [4.78, 5) is 0.912. The van der Waals surface area contributed by atoms with E-state index in [9.17, 15) is 8.42 Å². The Kier molecular flexibility index (Phi) is 5.43. The molecule has 0 aliphatic heterocycles. The number of hydrogen-bond donors (Lipinski definition) is 0. The molecule has 0 N–H and O–H groups in total. The molecule has 0 aliphatic carbocycles. The number of benzene rings is 2. The Labute approximate surface area is 137 Å². The second-order valence-corrected chi connectivity index (χ2v) is 8.82. The van der Waals surface area contributed by atoms with Crippen molar-refractivity contribution in [2.45, 2.75) is 16.7 Å². The topological polar surface area (TPSA) is 46.5 Å². The van der Waals surface area contributed by atoms with Crippen molar-refractivity contribution in [3.8, 4) is 0 Å². The van der Waals surface area contributed by atoms with Gasteiger partial charge in [-0.1, -0.05) is 29.3 Å². The van der Waals surface area contributed by atoms with Crippen LogP contribution in [0.15, 0.2) is 62.1 Å². The van der Waals surface area contributed by atoms with Gasteiger partial charge in [-0.3, -0.25) is 0 Å². The van der Waals surface area contributed by atoms with Crippen LogP contribution in [0.4, 0.5) is 0 Å². The Morgan fingerprint density at radius 2 is 1.62 bits per heavy atom. The van der Waals surface area contributed by atoms with Crippen LogP contribution in [0.1, 0.15) is 5.56 Å². The van der Waals surface area contributed by atoms with Gasteiger partial charge in [0.2, 0.25) is 0 Å². The van der Waals surface area contributed by atoms with E-state index in [-0.39, 0.29) is 10.1 Å². The molecule has 0 aliphatic rings. The minimum absolute atomic E-state index is 0.104. The third-order valence-electron chi connectivity index (χ3n) is 2.70. The summed E-state index contributed by atoms with van der Waals surface area (Å²) < 4.78 is 28.6. The van der Waals surface area contributed by atoms with Gasteiger partial charge in [-0.2, -0.15) is 8.42 Å². The fraction of sp³-hybridized carbons (Fsp3) is 0.143. The van der Waals surface area contributed by atoms with Crippen LogP contribution in [0.2, 0.25) is 5.02 Å². The summed E-state index contributed by atoms with van der Waals surface area (Å²) in [7, 11) is -4.66. The molecule has 0 saturated heterocycles. The monoisotopic (exact) mass is 361 g/mol. The number of rotatable bonds is 4. The van der Waals surface area contributed by atoms with E-state index < -0.39 is 20.7 Å². The molecule has 0 spiro atoms. The molecule has 7 heteroatoms. The molecule has 1 atom stereocenters. The lowest BCUT2D eigenvalue weighted by Crippen LogP contribution is -2.02. The Morgan fingerprint density at radius 1 is 1.05 bits per heavy atom. The first-order valence-electron chi connectivity index (χ1n) is 5.99. The molecular formula is C14H13Cl2NO2S2. The number of halogens is 2. The number of nitrogens with zero attached hydrogens (tertiary/aromatic N) is 1. The van der Waals surface area contributed by atoms with Crippen molar-refractivity contribution in [1.82, 2.24) is 0 Å². The first-order valence-corrected chi connectivity index (χ1v) is 9.70. The van der Waals surface area contributed by atoms with E-state index in [1.807, 2.05) is 6.92 Å². The minimum atomic E-state index is -3.73. The van der Waals surface area contributed by atoms with E-state index in [1.54, 1.807) is 48.5 Å². The summed E-state index contributed by atoms with van der Waals surface area (Å²) in [5, 5.41) is 0.686. The average Bonchev–Trinajstić information content (AvgIpc) is 2.46. The molecule has 0 saturated carbocycles. The maximum atomic E-state index is 12.3. The Hall–Kier alpha value is -0.880. The fourth-order valence-electron chi connectivity index (χ4n) is 1.59. The van der Waals surface area contributed by atoms with E-state index in [4.69, 9.17) is 23.2 Å². The summed E-state index contributed by atoms with van der Waals surface area (Å²) in [5.74, 6) is 0. The van der Waals surface area contributed by atoms with Crippen LogP contribution >= 0.6 is 23.2 Å². The molecule has 0 fully saturated rings. The largest absolute Gasteiger partial charge is 0.288 e. The van der Waals surface area contributed by atoms with E-state index in [2.05, 4.69) is 3.77 Å². The molecule has 2 rings (SSSR count). The van der Waals surface area contributed by atoms with Gasteiger partial charge in [-0.05, 0) is 54.0 Å². The SMILES string of the molecule is Cc1ccc(S(=O)(=O)/N=S(/CCl)c2ccc(Cl)cc2)cc1. The standard InChI is InChI=1S/C14H13Cl2NO2S2/c1-11-2-8-14(9-3-11)21(18,19)17-20(10-15)13-6-4-12(16)5-7-13/h2-9H,10H2,1H3. The molecule has 3 nitrogen and oxygen atoms in total. The average molecular weight is 362 g/mol.